The van der Waals surface area contributed by atoms with Gasteiger partial charge in [-0.15, -0.1) is 0 Å². The normalized spacial score (nSPS) is 19.3. The molecule has 4 heterocycles. The lowest BCUT2D eigenvalue weighted by Gasteiger charge is -2.32. The van der Waals surface area contributed by atoms with E-state index in [4.69, 9.17) is 18.9 Å². The van der Waals surface area contributed by atoms with Gasteiger partial charge in [0, 0.05) is 32.1 Å². The molecule has 0 aliphatic carbocycles. The van der Waals surface area contributed by atoms with Crippen LogP contribution in [0.15, 0.2) is 22.6 Å². The van der Waals surface area contributed by atoms with Crippen LogP contribution < -0.4 is 9.64 Å². The quantitative estimate of drug-likeness (QED) is 0.770. The Kier molecular flexibility index (Phi) is 4.94. The summed E-state index contributed by atoms with van der Waals surface area (Å²) in [5, 5.41) is 0. The van der Waals surface area contributed by atoms with Gasteiger partial charge >= 0.3 is 0 Å². The molecule has 1 fully saturated rings. The largest absolute Gasteiger partial charge is 0.482 e. The van der Waals surface area contributed by atoms with Crippen LogP contribution in [0.1, 0.15) is 41.7 Å². The van der Waals surface area contributed by atoms with Crippen LogP contribution in [-0.4, -0.2) is 54.6 Å². The number of hydrogen-bond donors (Lipinski definition) is 0. The van der Waals surface area contributed by atoms with E-state index in [9.17, 15) is 9.59 Å². The smallest absolute Gasteiger partial charge is 0.265 e. The lowest BCUT2D eigenvalue weighted by molar-refractivity contribution is -0.132. The summed E-state index contributed by atoms with van der Waals surface area (Å²) in [6.07, 6.45) is 2.48. The Morgan fingerprint density at radius 1 is 1.27 bits per heavy atom. The summed E-state index contributed by atoms with van der Waals surface area (Å²) in [7, 11) is 0. The lowest BCUT2D eigenvalue weighted by atomic mass is 10.0. The Hall–Kier alpha value is -2.87. The van der Waals surface area contributed by atoms with Gasteiger partial charge in [0.15, 0.2) is 12.5 Å². The van der Waals surface area contributed by atoms with Crippen molar-refractivity contribution in [3.05, 3.63) is 41.1 Å². The molecule has 0 saturated carbocycles. The first-order chi connectivity index (χ1) is 14.6. The number of aryl methyl sites for hydroxylation is 1. The minimum atomic E-state index is -0.206. The van der Waals surface area contributed by atoms with Gasteiger partial charge in [-0.3, -0.25) is 14.5 Å². The second-order valence-electron chi connectivity index (χ2n) is 8.11. The maximum absolute atomic E-state index is 13.0. The van der Waals surface area contributed by atoms with E-state index < -0.39 is 0 Å². The highest BCUT2D eigenvalue weighted by Gasteiger charge is 2.32. The van der Waals surface area contributed by atoms with Gasteiger partial charge in [-0.25, -0.2) is 4.98 Å². The molecular formula is C22H25N3O5. The van der Waals surface area contributed by atoms with Crippen molar-refractivity contribution in [1.29, 1.82) is 0 Å². The van der Waals surface area contributed by atoms with Crippen molar-refractivity contribution in [2.45, 2.75) is 38.6 Å². The number of amides is 2. The third-order valence-corrected chi connectivity index (χ3v) is 6.02. The van der Waals surface area contributed by atoms with E-state index in [-0.39, 0.29) is 25.0 Å². The topological polar surface area (TPSA) is 85.1 Å². The Morgan fingerprint density at radius 3 is 2.93 bits per heavy atom. The Bertz CT molecular complexity index is 979. The van der Waals surface area contributed by atoms with Gasteiger partial charge in [-0.05, 0) is 37.5 Å². The predicted octanol–water partition coefficient (Wildman–Crippen LogP) is 2.19. The second kappa shape index (κ2) is 7.75. The maximum Gasteiger partial charge on any atom is 0.265 e. The highest BCUT2D eigenvalue weighted by Crippen LogP contribution is 2.33. The number of fused-ring (bicyclic) bond motifs is 2. The van der Waals surface area contributed by atoms with E-state index in [1.807, 2.05) is 25.1 Å². The minimum Gasteiger partial charge on any atom is -0.482 e. The highest BCUT2D eigenvalue weighted by atomic mass is 16.5. The zero-order chi connectivity index (χ0) is 20.7. The van der Waals surface area contributed by atoms with E-state index in [1.54, 1.807) is 4.90 Å². The summed E-state index contributed by atoms with van der Waals surface area (Å²) < 4.78 is 16.9. The fourth-order valence-electron chi connectivity index (χ4n) is 4.27. The van der Waals surface area contributed by atoms with Crippen LogP contribution in [0, 0.1) is 6.92 Å². The molecule has 8 nitrogen and oxygen atoms in total. The summed E-state index contributed by atoms with van der Waals surface area (Å²) >= 11 is 0. The number of aromatic nitrogens is 1. The van der Waals surface area contributed by atoms with Crippen LogP contribution in [0.3, 0.4) is 0 Å². The SMILES string of the molecule is Cc1ccc2c(c1)N(CC(=O)N1CCc3oc(C4CCOCC4)nc3C1)C(=O)CO2. The van der Waals surface area contributed by atoms with Gasteiger partial charge in [0.25, 0.3) is 5.91 Å². The highest BCUT2D eigenvalue weighted by molar-refractivity contribution is 6.02. The van der Waals surface area contributed by atoms with E-state index in [0.717, 1.165) is 49.0 Å². The zero-order valence-corrected chi connectivity index (χ0v) is 17.1. The number of ether oxygens (including phenoxy) is 2. The predicted molar refractivity (Wildman–Crippen MR) is 107 cm³/mol. The average molecular weight is 411 g/mol. The average Bonchev–Trinajstić information content (AvgIpc) is 3.20. The summed E-state index contributed by atoms with van der Waals surface area (Å²) in [4.78, 5) is 33.5. The first-order valence-electron chi connectivity index (χ1n) is 10.5. The fraction of sp³-hybridized carbons (Fsp3) is 0.500. The molecule has 1 aromatic heterocycles. The first kappa shape index (κ1) is 19.1. The van der Waals surface area contributed by atoms with E-state index in [1.165, 1.54) is 4.90 Å². The molecule has 0 atom stereocenters. The molecular weight excluding hydrogens is 386 g/mol. The maximum atomic E-state index is 13.0. The molecule has 0 bridgehead atoms. The van der Waals surface area contributed by atoms with Crippen LogP contribution in [0.2, 0.25) is 0 Å². The van der Waals surface area contributed by atoms with Gasteiger partial charge < -0.3 is 18.8 Å². The van der Waals surface area contributed by atoms with E-state index >= 15 is 0 Å². The molecule has 2 aromatic rings. The van der Waals surface area contributed by atoms with Crippen LogP contribution in [0.25, 0.3) is 0 Å². The van der Waals surface area contributed by atoms with Gasteiger partial charge in [-0.1, -0.05) is 6.07 Å². The number of benzene rings is 1. The molecule has 8 heteroatoms. The lowest BCUT2D eigenvalue weighted by Crippen LogP contribution is -2.47. The van der Waals surface area contributed by atoms with Crippen molar-refractivity contribution < 1.29 is 23.5 Å². The van der Waals surface area contributed by atoms with Crippen LogP contribution in [0.5, 0.6) is 5.75 Å². The summed E-state index contributed by atoms with van der Waals surface area (Å²) in [6.45, 7) is 4.34. The van der Waals surface area contributed by atoms with Gasteiger partial charge in [0.1, 0.15) is 23.7 Å². The summed E-state index contributed by atoms with van der Waals surface area (Å²) in [5.41, 5.74) is 2.50. The summed E-state index contributed by atoms with van der Waals surface area (Å²) in [6, 6.07) is 5.65. The Balaban J connectivity index is 1.30. The Labute approximate surface area is 174 Å². The van der Waals surface area contributed by atoms with Gasteiger partial charge in [0.2, 0.25) is 5.91 Å². The molecule has 30 heavy (non-hydrogen) atoms. The van der Waals surface area contributed by atoms with E-state index in [2.05, 4.69) is 0 Å². The van der Waals surface area contributed by atoms with Crippen LogP contribution >= 0.6 is 0 Å². The number of carbonyl (C=O) groups is 2. The fourth-order valence-corrected chi connectivity index (χ4v) is 4.27. The van der Waals surface area contributed by atoms with Crippen molar-refractivity contribution in [1.82, 2.24) is 9.88 Å². The van der Waals surface area contributed by atoms with E-state index in [0.29, 0.717) is 36.9 Å². The monoisotopic (exact) mass is 411 g/mol. The van der Waals surface area contributed by atoms with Crippen LogP contribution in [0.4, 0.5) is 5.69 Å². The van der Waals surface area contributed by atoms with Crippen molar-refractivity contribution in [2.75, 3.05) is 37.8 Å². The zero-order valence-electron chi connectivity index (χ0n) is 17.1. The minimum absolute atomic E-state index is 0.00134. The molecule has 0 spiro atoms. The molecule has 0 unspecified atom stereocenters. The molecule has 0 radical (unpaired) electrons. The molecule has 3 aliphatic heterocycles. The number of hydrogen-bond acceptors (Lipinski definition) is 6. The molecule has 158 valence electrons. The van der Waals surface area contributed by atoms with Crippen molar-refractivity contribution in [3.8, 4) is 5.75 Å². The third kappa shape index (κ3) is 3.56. The summed E-state index contributed by atoms with van der Waals surface area (Å²) in [5.74, 6) is 2.27. The molecule has 3 aliphatic rings. The number of carbonyl (C=O) groups excluding carboxylic acids is 2. The number of nitrogens with zero attached hydrogens (tertiary/aromatic N) is 3. The standard InChI is InChI=1S/C22H25N3O5/c1-14-2-3-19-17(10-14)25(21(27)13-29-19)12-20(26)24-7-4-18-16(11-24)23-22(30-18)15-5-8-28-9-6-15/h2-3,10,15H,4-9,11-13H2,1H3. The van der Waals surface area contributed by atoms with Crippen molar-refractivity contribution in [2.24, 2.45) is 0 Å². The number of oxazole rings is 1. The first-order valence-corrected chi connectivity index (χ1v) is 10.5. The van der Waals surface area contributed by atoms with Gasteiger partial charge in [-0.2, -0.15) is 0 Å². The molecule has 5 rings (SSSR count). The molecule has 1 aromatic carbocycles. The third-order valence-electron chi connectivity index (χ3n) is 6.02. The second-order valence-corrected chi connectivity index (χ2v) is 8.11. The number of rotatable bonds is 3. The molecule has 0 N–H and O–H groups in total. The molecule has 2 amide bonds. The van der Waals surface area contributed by atoms with Crippen molar-refractivity contribution in [3.63, 3.8) is 0 Å². The van der Waals surface area contributed by atoms with Crippen LogP contribution in [-0.2, 0) is 27.3 Å². The Morgan fingerprint density at radius 2 is 2.10 bits per heavy atom. The van der Waals surface area contributed by atoms with Crippen molar-refractivity contribution >= 4 is 17.5 Å². The van der Waals surface area contributed by atoms with Gasteiger partial charge in [0.05, 0.1) is 12.2 Å². The number of anilines is 1. The molecule has 1 saturated heterocycles.